The van der Waals surface area contributed by atoms with Gasteiger partial charge in [0, 0.05) is 6.04 Å². The monoisotopic (exact) mass is 215 g/mol. The molecule has 2 unspecified atom stereocenters. The van der Waals surface area contributed by atoms with Gasteiger partial charge in [-0.05, 0) is 38.5 Å². The van der Waals surface area contributed by atoms with Crippen molar-refractivity contribution in [3.8, 4) is 0 Å². The highest BCUT2D eigenvalue weighted by atomic mass is 16.4. The van der Waals surface area contributed by atoms with Crippen molar-refractivity contribution in [1.82, 2.24) is 5.32 Å². The second-order valence-corrected chi connectivity index (χ2v) is 5.10. The van der Waals surface area contributed by atoms with Crippen molar-refractivity contribution >= 4 is 5.97 Å². The molecule has 0 aliphatic rings. The van der Waals surface area contributed by atoms with Crippen LogP contribution in [0.4, 0.5) is 0 Å². The molecule has 0 spiro atoms. The lowest BCUT2D eigenvalue weighted by molar-refractivity contribution is -0.139. The van der Waals surface area contributed by atoms with Gasteiger partial charge in [0.05, 0.1) is 0 Å². The van der Waals surface area contributed by atoms with Crippen LogP contribution in [0.2, 0.25) is 0 Å². The van der Waals surface area contributed by atoms with E-state index in [0.717, 1.165) is 6.42 Å². The average Bonchev–Trinajstić information content (AvgIpc) is 2.00. The number of rotatable bonds is 7. The van der Waals surface area contributed by atoms with Gasteiger partial charge in [0.25, 0.3) is 0 Å². The first-order valence-electron chi connectivity index (χ1n) is 5.81. The van der Waals surface area contributed by atoms with E-state index in [1.807, 2.05) is 0 Å². The topological polar surface area (TPSA) is 49.3 Å². The van der Waals surface area contributed by atoms with Crippen LogP contribution in [0, 0.1) is 11.8 Å². The van der Waals surface area contributed by atoms with E-state index in [2.05, 4.69) is 33.0 Å². The van der Waals surface area contributed by atoms with E-state index in [-0.39, 0.29) is 6.04 Å². The minimum atomic E-state index is -0.779. The maximum atomic E-state index is 10.6. The van der Waals surface area contributed by atoms with Crippen molar-refractivity contribution in [2.24, 2.45) is 11.8 Å². The predicted molar refractivity (Wildman–Crippen MR) is 62.9 cm³/mol. The normalized spacial score (nSPS) is 17.5. The van der Waals surface area contributed by atoms with Crippen LogP contribution in [0.5, 0.6) is 0 Å². The largest absolute Gasteiger partial charge is 0.480 e. The van der Waals surface area contributed by atoms with Crippen LogP contribution in [0.25, 0.3) is 0 Å². The number of carbonyl (C=O) groups is 1. The van der Waals surface area contributed by atoms with Crippen molar-refractivity contribution in [1.29, 1.82) is 0 Å². The van der Waals surface area contributed by atoms with Crippen LogP contribution in [0.15, 0.2) is 0 Å². The van der Waals surface area contributed by atoms with Gasteiger partial charge in [-0.25, -0.2) is 0 Å². The minimum Gasteiger partial charge on any atom is -0.480 e. The molecule has 0 aromatic carbocycles. The van der Waals surface area contributed by atoms with Crippen LogP contribution < -0.4 is 5.32 Å². The first-order valence-corrected chi connectivity index (χ1v) is 5.81. The third-order valence-corrected chi connectivity index (χ3v) is 2.53. The molecule has 3 heteroatoms. The van der Waals surface area contributed by atoms with Crippen molar-refractivity contribution in [2.75, 3.05) is 0 Å². The van der Waals surface area contributed by atoms with Crippen molar-refractivity contribution in [3.63, 3.8) is 0 Å². The van der Waals surface area contributed by atoms with E-state index >= 15 is 0 Å². The molecule has 0 radical (unpaired) electrons. The number of hydrogen-bond donors (Lipinski definition) is 2. The summed E-state index contributed by atoms with van der Waals surface area (Å²) in [6.45, 7) is 10.4. The fourth-order valence-electron chi connectivity index (χ4n) is 2.07. The zero-order chi connectivity index (χ0) is 12.0. The molecule has 0 aromatic heterocycles. The molecule has 90 valence electrons. The van der Waals surface area contributed by atoms with Gasteiger partial charge in [-0.2, -0.15) is 0 Å². The van der Waals surface area contributed by atoms with Crippen molar-refractivity contribution in [3.05, 3.63) is 0 Å². The molecule has 0 fully saturated rings. The molecule has 2 N–H and O–H groups in total. The Morgan fingerprint density at radius 1 is 1.13 bits per heavy atom. The molecule has 3 nitrogen and oxygen atoms in total. The molecule has 0 heterocycles. The molecule has 0 amide bonds. The van der Waals surface area contributed by atoms with Gasteiger partial charge in [0.15, 0.2) is 0 Å². The first kappa shape index (κ1) is 14.4. The SMILES string of the molecule is CC(C)CC(C)CC(C)N[C@H](C)C(=O)O. The Labute approximate surface area is 93.3 Å². The molecule has 0 rings (SSSR count). The fraction of sp³-hybridized carbons (Fsp3) is 0.917. The molecular formula is C12H25NO2. The molecule has 15 heavy (non-hydrogen) atoms. The number of carboxylic acid groups (broad SMARTS) is 1. The summed E-state index contributed by atoms with van der Waals surface area (Å²) < 4.78 is 0. The summed E-state index contributed by atoms with van der Waals surface area (Å²) in [7, 11) is 0. The van der Waals surface area contributed by atoms with Crippen LogP contribution in [0.1, 0.15) is 47.5 Å². The van der Waals surface area contributed by atoms with Gasteiger partial charge in [-0.3, -0.25) is 4.79 Å². The molecule has 0 aliphatic carbocycles. The number of aliphatic carboxylic acids is 1. The van der Waals surface area contributed by atoms with Gasteiger partial charge in [-0.1, -0.05) is 20.8 Å². The Kier molecular flexibility index (Phi) is 6.57. The minimum absolute atomic E-state index is 0.268. The molecule has 0 aliphatic heterocycles. The van der Waals surface area contributed by atoms with Gasteiger partial charge in [0.1, 0.15) is 6.04 Å². The Bertz CT molecular complexity index is 192. The van der Waals surface area contributed by atoms with Crippen LogP contribution in [-0.2, 0) is 4.79 Å². The van der Waals surface area contributed by atoms with Crippen molar-refractivity contribution < 1.29 is 9.90 Å². The molecular weight excluding hydrogens is 190 g/mol. The number of nitrogens with one attached hydrogen (secondary N) is 1. The van der Waals surface area contributed by atoms with E-state index in [4.69, 9.17) is 5.11 Å². The van der Waals surface area contributed by atoms with Gasteiger partial charge in [0.2, 0.25) is 0 Å². The highest BCUT2D eigenvalue weighted by Crippen LogP contribution is 2.16. The van der Waals surface area contributed by atoms with Crippen LogP contribution >= 0.6 is 0 Å². The number of hydrogen-bond acceptors (Lipinski definition) is 2. The predicted octanol–water partition coefficient (Wildman–Crippen LogP) is 2.51. The Balaban J connectivity index is 3.82. The van der Waals surface area contributed by atoms with E-state index < -0.39 is 12.0 Å². The molecule has 3 atom stereocenters. The zero-order valence-electron chi connectivity index (χ0n) is 10.6. The van der Waals surface area contributed by atoms with Crippen LogP contribution in [0.3, 0.4) is 0 Å². The lowest BCUT2D eigenvalue weighted by Crippen LogP contribution is -2.40. The third-order valence-electron chi connectivity index (χ3n) is 2.53. The zero-order valence-corrected chi connectivity index (χ0v) is 10.6. The first-order chi connectivity index (χ1) is 6.82. The highest BCUT2D eigenvalue weighted by molar-refractivity contribution is 5.72. The number of carboxylic acids is 1. The average molecular weight is 215 g/mol. The Morgan fingerprint density at radius 2 is 1.67 bits per heavy atom. The van der Waals surface area contributed by atoms with E-state index in [9.17, 15) is 4.79 Å². The standard InChI is InChI=1S/C12H25NO2/c1-8(2)6-9(3)7-10(4)13-11(5)12(14)15/h8-11,13H,6-7H2,1-5H3,(H,14,15)/t9?,10?,11-/m1/s1. The second-order valence-electron chi connectivity index (χ2n) is 5.10. The quantitative estimate of drug-likeness (QED) is 0.686. The summed E-state index contributed by atoms with van der Waals surface area (Å²) in [5.74, 6) is 0.580. The van der Waals surface area contributed by atoms with Crippen LogP contribution in [-0.4, -0.2) is 23.2 Å². The van der Waals surface area contributed by atoms with E-state index in [1.54, 1.807) is 6.92 Å². The van der Waals surface area contributed by atoms with Gasteiger partial charge < -0.3 is 10.4 Å². The smallest absolute Gasteiger partial charge is 0.320 e. The van der Waals surface area contributed by atoms with E-state index in [1.165, 1.54) is 6.42 Å². The fourth-order valence-corrected chi connectivity index (χ4v) is 2.07. The summed E-state index contributed by atoms with van der Waals surface area (Å²) in [4.78, 5) is 10.6. The lowest BCUT2D eigenvalue weighted by Gasteiger charge is -2.21. The summed E-state index contributed by atoms with van der Waals surface area (Å²) >= 11 is 0. The highest BCUT2D eigenvalue weighted by Gasteiger charge is 2.16. The molecule has 0 aromatic rings. The summed E-state index contributed by atoms with van der Waals surface area (Å²) in [6, 6.07) is -0.184. The molecule has 0 saturated heterocycles. The second kappa shape index (κ2) is 6.83. The molecule has 0 saturated carbocycles. The van der Waals surface area contributed by atoms with Crippen molar-refractivity contribution in [2.45, 2.75) is 59.5 Å². The summed E-state index contributed by atoms with van der Waals surface area (Å²) in [6.07, 6.45) is 2.24. The Hall–Kier alpha value is -0.570. The maximum Gasteiger partial charge on any atom is 0.320 e. The summed E-state index contributed by atoms with van der Waals surface area (Å²) in [5, 5.41) is 11.8. The Morgan fingerprint density at radius 3 is 2.07 bits per heavy atom. The maximum absolute atomic E-state index is 10.6. The third kappa shape index (κ3) is 7.37. The van der Waals surface area contributed by atoms with Gasteiger partial charge >= 0.3 is 5.97 Å². The summed E-state index contributed by atoms with van der Waals surface area (Å²) in [5.41, 5.74) is 0. The lowest BCUT2D eigenvalue weighted by atomic mass is 9.93. The van der Waals surface area contributed by atoms with E-state index in [0.29, 0.717) is 11.8 Å². The van der Waals surface area contributed by atoms with Gasteiger partial charge in [-0.15, -0.1) is 0 Å². The molecule has 0 bridgehead atoms.